The first-order valence-corrected chi connectivity index (χ1v) is 7.57. The van der Waals surface area contributed by atoms with Crippen LogP contribution in [0, 0.1) is 0 Å². The smallest absolute Gasteiger partial charge is 0.236 e. The maximum atomic E-state index is 10.9. The van der Waals surface area contributed by atoms with Gasteiger partial charge in [0, 0.05) is 17.1 Å². The van der Waals surface area contributed by atoms with Gasteiger partial charge < -0.3 is 5.11 Å². The summed E-state index contributed by atoms with van der Waals surface area (Å²) in [5.74, 6) is -0.166. The lowest BCUT2D eigenvalue weighted by Crippen LogP contribution is -2.10. The molecular weight excluding hydrogens is 248 g/mol. The molecule has 0 saturated heterocycles. The van der Waals surface area contributed by atoms with Crippen LogP contribution >= 0.6 is 10.7 Å². The van der Waals surface area contributed by atoms with Crippen LogP contribution in [0.4, 0.5) is 0 Å². The summed E-state index contributed by atoms with van der Waals surface area (Å²) in [5.41, 5.74) is 1.06. The number of aliphatic hydroxyl groups is 1. The Hall–Kier alpha value is -0.580. The molecule has 5 heteroatoms. The van der Waals surface area contributed by atoms with Crippen molar-refractivity contribution >= 4 is 19.7 Å². The van der Waals surface area contributed by atoms with E-state index in [-0.39, 0.29) is 5.75 Å². The Morgan fingerprint density at radius 3 is 2.50 bits per heavy atom. The zero-order chi connectivity index (χ0) is 11.8. The molecule has 1 aromatic carbocycles. The van der Waals surface area contributed by atoms with E-state index in [0.717, 1.165) is 18.4 Å². The van der Waals surface area contributed by atoms with Gasteiger partial charge in [0.25, 0.3) is 0 Å². The summed E-state index contributed by atoms with van der Waals surface area (Å²) in [4.78, 5) is 0. The Balaban J connectivity index is 2.13. The maximum Gasteiger partial charge on any atom is 0.236 e. The highest BCUT2D eigenvalue weighted by atomic mass is 35.7. The van der Waals surface area contributed by atoms with E-state index in [1.807, 2.05) is 6.07 Å². The predicted octanol–water partition coefficient (Wildman–Crippen LogP) is 1.82. The highest BCUT2D eigenvalue weighted by molar-refractivity contribution is 8.13. The molecule has 1 saturated carbocycles. The molecule has 0 atom stereocenters. The van der Waals surface area contributed by atoms with Crippen LogP contribution in [0.5, 0.6) is 0 Å². The first kappa shape index (κ1) is 11.9. The summed E-state index contributed by atoms with van der Waals surface area (Å²) in [6, 6.07) is 7.19. The average molecular weight is 261 g/mol. The molecule has 1 aliphatic carbocycles. The molecular formula is C11H13ClO3S. The van der Waals surface area contributed by atoms with Gasteiger partial charge in [0.15, 0.2) is 0 Å². The minimum Gasteiger partial charge on any atom is -0.390 e. The molecule has 0 unspecified atom stereocenters. The molecule has 1 aliphatic rings. The fourth-order valence-corrected chi connectivity index (χ4v) is 2.69. The van der Waals surface area contributed by atoms with E-state index in [9.17, 15) is 13.5 Å². The van der Waals surface area contributed by atoms with Crippen molar-refractivity contribution < 1.29 is 13.5 Å². The highest BCUT2D eigenvalue weighted by Gasteiger charge is 2.40. The first-order chi connectivity index (χ1) is 7.36. The van der Waals surface area contributed by atoms with Crippen molar-refractivity contribution in [2.75, 3.05) is 0 Å². The van der Waals surface area contributed by atoms with Crippen LogP contribution in [0.25, 0.3) is 0 Å². The minimum atomic E-state index is -3.51. The predicted molar refractivity (Wildman–Crippen MR) is 62.8 cm³/mol. The van der Waals surface area contributed by atoms with Crippen LogP contribution in [0.15, 0.2) is 24.3 Å². The van der Waals surface area contributed by atoms with Crippen molar-refractivity contribution in [2.45, 2.75) is 30.6 Å². The second-order valence-electron chi connectivity index (χ2n) is 4.40. The van der Waals surface area contributed by atoms with Crippen LogP contribution in [0.2, 0.25) is 0 Å². The lowest BCUT2D eigenvalue weighted by Gasteiger charge is -2.08. The van der Waals surface area contributed by atoms with Crippen LogP contribution in [0.3, 0.4) is 0 Å². The van der Waals surface area contributed by atoms with Crippen molar-refractivity contribution in [2.24, 2.45) is 0 Å². The molecule has 0 heterocycles. The Morgan fingerprint density at radius 2 is 1.94 bits per heavy atom. The zero-order valence-corrected chi connectivity index (χ0v) is 10.3. The molecule has 1 N–H and O–H groups in total. The molecule has 0 radical (unpaired) electrons. The Morgan fingerprint density at radius 1 is 1.31 bits per heavy atom. The van der Waals surface area contributed by atoms with Crippen molar-refractivity contribution in [3.05, 3.63) is 35.4 Å². The molecule has 1 aromatic rings. The summed E-state index contributed by atoms with van der Waals surface area (Å²) < 4.78 is 21.9. The van der Waals surface area contributed by atoms with E-state index in [4.69, 9.17) is 10.7 Å². The SMILES string of the molecule is O=S(=O)(Cl)Cc1cccc(CC2(O)CC2)c1. The number of benzene rings is 1. The molecule has 16 heavy (non-hydrogen) atoms. The van der Waals surface area contributed by atoms with Gasteiger partial charge in [0.05, 0.1) is 11.4 Å². The minimum absolute atomic E-state index is 0.166. The number of rotatable bonds is 4. The zero-order valence-electron chi connectivity index (χ0n) is 8.69. The summed E-state index contributed by atoms with van der Waals surface area (Å²) in [6.07, 6.45) is 2.24. The van der Waals surface area contributed by atoms with Gasteiger partial charge in [0.1, 0.15) is 0 Å². The molecule has 0 spiro atoms. The molecule has 0 aliphatic heterocycles. The number of hydrogen-bond acceptors (Lipinski definition) is 3. The molecule has 0 bridgehead atoms. The lowest BCUT2D eigenvalue weighted by molar-refractivity contribution is 0.151. The van der Waals surface area contributed by atoms with Crippen molar-refractivity contribution in [1.82, 2.24) is 0 Å². The standard InChI is InChI=1S/C11H13ClO3S/c12-16(14,15)8-10-3-1-2-9(6-10)7-11(13)4-5-11/h1-3,6,13H,4-5,7-8H2. The fourth-order valence-electron chi connectivity index (χ4n) is 1.73. The third-order valence-corrected chi connectivity index (χ3v) is 3.70. The maximum absolute atomic E-state index is 10.9. The fraction of sp³-hybridized carbons (Fsp3) is 0.455. The van der Waals surface area contributed by atoms with Crippen LogP contribution in [-0.2, 0) is 21.2 Å². The molecule has 0 amide bonds. The van der Waals surface area contributed by atoms with Crippen molar-refractivity contribution in [1.29, 1.82) is 0 Å². The van der Waals surface area contributed by atoms with E-state index in [0.29, 0.717) is 12.0 Å². The van der Waals surface area contributed by atoms with Crippen LogP contribution in [0.1, 0.15) is 24.0 Å². The topological polar surface area (TPSA) is 54.4 Å². The van der Waals surface area contributed by atoms with Gasteiger partial charge in [-0.2, -0.15) is 0 Å². The van der Waals surface area contributed by atoms with Crippen molar-refractivity contribution in [3.8, 4) is 0 Å². The third-order valence-electron chi connectivity index (χ3n) is 2.69. The van der Waals surface area contributed by atoms with Crippen LogP contribution < -0.4 is 0 Å². The first-order valence-electron chi connectivity index (χ1n) is 5.09. The quantitative estimate of drug-likeness (QED) is 0.841. The van der Waals surface area contributed by atoms with Gasteiger partial charge in [0.2, 0.25) is 9.05 Å². The van der Waals surface area contributed by atoms with Gasteiger partial charge in [-0.3, -0.25) is 0 Å². The molecule has 88 valence electrons. The normalized spacial score (nSPS) is 18.4. The monoisotopic (exact) mass is 260 g/mol. The van der Waals surface area contributed by atoms with Crippen molar-refractivity contribution in [3.63, 3.8) is 0 Å². The number of hydrogen-bond donors (Lipinski definition) is 1. The summed E-state index contributed by atoms with van der Waals surface area (Å²) >= 11 is 0. The summed E-state index contributed by atoms with van der Waals surface area (Å²) in [5, 5.41) is 9.76. The molecule has 3 nitrogen and oxygen atoms in total. The van der Waals surface area contributed by atoms with Gasteiger partial charge in [-0.05, 0) is 24.0 Å². The summed E-state index contributed by atoms with van der Waals surface area (Å²) in [6.45, 7) is 0. The van der Waals surface area contributed by atoms with E-state index >= 15 is 0 Å². The van der Waals surface area contributed by atoms with Gasteiger partial charge in [-0.15, -0.1) is 0 Å². The van der Waals surface area contributed by atoms with E-state index in [1.165, 1.54) is 0 Å². The van der Waals surface area contributed by atoms with E-state index in [1.54, 1.807) is 18.2 Å². The molecule has 1 fully saturated rings. The Kier molecular flexibility index (Phi) is 2.99. The summed E-state index contributed by atoms with van der Waals surface area (Å²) in [7, 11) is 1.68. The van der Waals surface area contributed by atoms with Gasteiger partial charge >= 0.3 is 0 Å². The van der Waals surface area contributed by atoms with Crippen LogP contribution in [-0.4, -0.2) is 19.1 Å². The number of halogens is 1. The lowest BCUT2D eigenvalue weighted by atomic mass is 10.0. The third kappa shape index (κ3) is 3.47. The highest BCUT2D eigenvalue weighted by Crippen LogP contribution is 2.38. The molecule has 2 rings (SSSR count). The van der Waals surface area contributed by atoms with Gasteiger partial charge in [-0.1, -0.05) is 24.3 Å². The Labute approximate surface area is 99.5 Å². The Bertz CT molecular complexity index is 492. The van der Waals surface area contributed by atoms with E-state index < -0.39 is 14.7 Å². The largest absolute Gasteiger partial charge is 0.390 e. The second kappa shape index (κ2) is 4.02. The average Bonchev–Trinajstić information content (AvgIpc) is 2.80. The van der Waals surface area contributed by atoms with E-state index in [2.05, 4.69) is 0 Å². The van der Waals surface area contributed by atoms with Gasteiger partial charge in [-0.25, -0.2) is 8.42 Å². The second-order valence-corrected chi connectivity index (χ2v) is 7.18. The molecule has 0 aromatic heterocycles.